The van der Waals surface area contributed by atoms with E-state index in [4.69, 9.17) is 16.3 Å². The number of nitrogens with zero attached hydrogens (tertiary/aromatic N) is 1. The zero-order valence-electron chi connectivity index (χ0n) is 8.75. The van der Waals surface area contributed by atoms with Gasteiger partial charge in [-0.25, -0.2) is 0 Å². The summed E-state index contributed by atoms with van der Waals surface area (Å²) in [7, 11) is 3.78. The summed E-state index contributed by atoms with van der Waals surface area (Å²) in [6.45, 7) is 4.82. The van der Waals surface area contributed by atoms with Gasteiger partial charge in [0.25, 0.3) is 0 Å². The van der Waals surface area contributed by atoms with Crippen LogP contribution in [0.2, 0.25) is 0 Å². The van der Waals surface area contributed by atoms with Crippen molar-refractivity contribution in [1.29, 1.82) is 0 Å². The monoisotopic (exact) mass is 225 g/mol. The second-order valence-electron chi connectivity index (χ2n) is 3.01. The second kappa shape index (κ2) is 9.13. The largest absolute Gasteiger partial charge is 0.383 e. The molecule has 0 spiro atoms. The lowest BCUT2D eigenvalue weighted by molar-refractivity contribution is 0.184. The first-order chi connectivity index (χ1) is 6.20. The van der Waals surface area contributed by atoms with Crippen LogP contribution in [0.1, 0.15) is 6.92 Å². The van der Waals surface area contributed by atoms with Gasteiger partial charge in [-0.3, -0.25) is 0 Å². The lowest BCUT2D eigenvalue weighted by Crippen LogP contribution is -2.30. The molecule has 13 heavy (non-hydrogen) atoms. The molecule has 0 amide bonds. The lowest BCUT2D eigenvalue weighted by atomic mass is 10.4. The molecule has 0 rings (SSSR count). The minimum atomic E-state index is 0.113. The van der Waals surface area contributed by atoms with Gasteiger partial charge in [-0.2, -0.15) is 11.8 Å². The van der Waals surface area contributed by atoms with Crippen LogP contribution in [-0.4, -0.2) is 55.6 Å². The van der Waals surface area contributed by atoms with E-state index in [1.54, 1.807) is 7.11 Å². The molecule has 0 aliphatic carbocycles. The van der Waals surface area contributed by atoms with Crippen LogP contribution in [0.4, 0.5) is 0 Å². The van der Waals surface area contributed by atoms with Gasteiger partial charge in [0, 0.05) is 26.0 Å². The standard InChI is InChI=1S/C9H20ClNOS/c1-4-13-6-5-11(2)7-9(10)8-12-3/h9H,4-8H2,1-3H3. The third-order valence-electron chi connectivity index (χ3n) is 1.68. The predicted octanol–water partition coefficient (Wildman–Crippen LogP) is 1.93. The Kier molecular flexibility index (Phi) is 9.52. The minimum absolute atomic E-state index is 0.113. The van der Waals surface area contributed by atoms with Crippen LogP contribution in [0.25, 0.3) is 0 Å². The molecular formula is C9H20ClNOS. The molecule has 0 aliphatic heterocycles. The molecule has 0 fully saturated rings. The van der Waals surface area contributed by atoms with E-state index in [2.05, 4.69) is 18.9 Å². The molecule has 0 aromatic heterocycles. The quantitative estimate of drug-likeness (QED) is 0.463. The van der Waals surface area contributed by atoms with E-state index in [9.17, 15) is 0 Å². The number of halogens is 1. The molecule has 0 heterocycles. The van der Waals surface area contributed by atoms with Crippen molar-refractivity contribution in [3.05, 3.63) is 0 Å². The number of thioether (sulfide) groups is 1. The summed E-state index contributed by atoms with van der Waals surface area (Å²) >= 11 is 7.98. The van der Waals surface area contributed by atoms with Crippen LogP contribution in [-0.2, 0) is 4.74 Å². The maximum Gasteiger partial charge on any atom is 0.0696 e. The fourth-order valence-electron chi connectivity index (χ4n) is 1.03. The Hall–Kier alpha value is 0.560. The Morgan fingerprint density at radius 1 is 1.54 bits per heavy atom. The highest BCUT2D eigenvalue weighted by molar-refractivity contribution is 7.99. The van der Waals surface area contributed by atoms with Gasteiger partial charge in [-0.05, 0) is 12.8 Å². The van der Waals surface area contributed by atoms with Crippen LogP contribution < -0.4 is 0 Å². The van der Waals surface area contributed by atoms with Crippen molar-refractivity contribution in [2.45, 2.75) is 12.3 Å². The van der Waals surface area contributed by atoms with Gasteiger partial charge in [0.2, 0.25) is 0 Å². The maximum atomic E-state index is 6.02. The number of methoxy groups -OCH3 is 1. The number of ether oxygens (including phenoxy) is 1. The van der Waals surface area contributed by atoms with Crippen molar-refractivity contribution < 1.29 is 4.74 Å². The van der Waals surface area contributed by atoms with Crippen molar-refractivity contribution in [3.63, 3.8) is 0 Å². The van der Waals surface area contributed by atoms with Crippen LogP contribution in [0.15, 0.2) is 0 Å². The lowest BCUT2D eigenvalue weighted by Gasteiger charge is -2.19. The highest BCUT2D eigenvalue weighted by atomic mass is 35.5. The zero-order valence-corrected chi connectivity index (χ0v) is 10.3. The first-order valence-corrected chi connectivity index (χ1v) is 6.19. The first kappa shape index (κ1) is 13.6. The Morgan fingerprint density at radius 3 is 2.77 bits per heavy atom. The van der Waals surface area contributed by atoms with Crippen LogP contribution in [0.3, 0.4) is 0 Å². The van der Waals surface area contributed by atoms with Crippen LogP contribution >= 0.6 is 23.4 Å². The predicted molar refractivity (Wildman–Crippen MR) is 62.0 cm³/mol. The van der Waals surface area contributed by atoms with Crippen LogP contribution in [0, 0.1) is 0 Å². The molecule has 1 atom stereocenters. The number of hydrogen-bond acceptors (Lipinski definition) is 3. The van der Waals surface area contributed by atoms with Crippen molar-refractivity contribution >= 4 is 23.4 Å². The third kappa shape index (κ3) is 8.88. The molecular weight excluding hydrogens is 206 g/mol. The summed E-state index contributed by atoms with van der Waals surface area (Å²) in [5, 5.41) is 0.113. The fraction of sp³-hybridized carbons (Fsp3) is 1.00. The van der Waals surface area contributed by atoms with Gasteiger partial charge in [0.15, 0.2) is 0 Å². The molecule has 0 saturated heterocycles. The molecule has 0 aromatic carbocycles. The smallest absolute Gasteiger partial charge is 0.0696 e. The van der Waals surface area contributed by atoms with Crippen molar-refractivity contribution in [2.24, 2.45) is 0 Å². The Balaban J connectivity index is 3.32. The van der Waals surface area contributed by atoms with Gasteiger partial charge < -0.3 is 9.64 Å². The van der Waals surface area contributed by atoms with Gasteiger partial charge >= 0.3 is 0 Å². The maximum absolute atomic E-state index is 6.02. The minimum Gasteiger partial charge on any atom is -0.383 e. The van der Waals surface area contributed by atoms with Crippen molar-refractivity contribution in [1.82, 2.24) is 4.90 Å². The first-order valence-electron chi connectivity index (χ1n) is 4.60. The summed E-state index contributed by atoms with van der Waals surface area (Å²) in [6.07, 6.45) is 0. The van der Waals surface area contributed by atoms with Gasteiger partial charge in [0.1, 0.15) is 0 Å². The summed E-state index contributed by atoms with van der Waals surface area (Å²) in [5.41, 5.74) is 0. The van der Waals surface area contributed by atoms with E-state index in [-0.39, 0.29) is 5.38 Å². The summed E-state index contributed by atoms with van der Waals surface area (Å²) in [5.74, 6) is 2.37. The van der Waals surface area contributed by atoms with Gasteiger partial charge in [-0.15, -0.1) is 11.6 Å². The Morgan fingerprint density at radius 2 is 2.23 bits per heavy atom. The highest BCUT2D eigenvalue weighted by Gasteiger charge is 2.07. The van der Waals surface area contributed by atoms with E-state index in [1.165, 1.54) is 11.5 Å². The third-order valence-corrected chi connectivity index (χ3v) is 2.82. The topological polar surface area (TPSA) is 12.5 Å². The molecule has 0 N–H and O–H groups in total. The normalized spacial score (nSPS) is 13.6. The summed E-state index contributed by atoms with van der Waals surface area (Å²) in [4.78, 5) is 2.25. The zero-order chi connectivity index (χ0) is 10.1. The Bertz CT molecular complexity index is 116. The average Bonchev–Trinajstić information content (AvgIpc) is 2.05. The number of rotatable bonds is 8. The summed E-state index contributed by atoms with van der Waals surface area (Å²) < 4.78 is 4.97. The average molecular weight is 226 g/mol. The molecule has 0 saturated carbocycles. The van der Waals surface area contributed by atoms with E-state index in [0.717, 1.165) is 13.1 Å². The molecule has 0 aliphatic rings. The van der Waals surface area contributed by atoms with Gasteiger partial charge in [0.05, 0.1) is 12.0 Å². The molecule has 1 unspecified atom stereocenters. The molecule has 2 nitrogen and oxygen atoms in total. The van der Waals surface area contributed by atoms with Crippen LogP contribution in [0.5, 0.6) is 0 Å². The van der Waals surface area contributed by atoms with Gasteiger partial charge in [-0.1, -0.05) is 6.92 Å². The SMILES string of the molecule is CCSCCN(C)CC(Cl)COC. The Labute approximate surface area is 91.0 Å². The molecule has 4 heteroatoms. The van der Waals surface area contributed by atoms with E-state index in [0.29, 0.717) is 6.61 Å². The fourth-order valence-corrected chi connectivity index (χ4v) is 2.12. The highest BCUT2D eigenvalue weighted by Crippen LogP contribution is 2.02. The summed E-state index contributed by atoms with van der Waals surface area (Å²) in [6, 6.07) is 0. The molecule has 80 valence electrons. The van der Waals surface area contributed by atoms with E-state index >= 15 is 0 Å². The number of hydrogen-bond donors (Lipinski definition) is 0. The second-order valence-corrected chi connectivity index (χ2v) is 5.02. The molecule has 0 radical (unpaired) electrons. The molecule has 0 aromatic rings. The van der Waals surface area contributed by atoms with Crippen molar-refractivity contribution in [3.8, 4) is 0 Å². The van der Waals surface area contributed by atoms with E-state index in [1.807, 2.05) is 11.8 Å². The van der Waals surface area contributed by atoms with E-state index < -0.39 is 0 Å². The number of alkyl halides is 1. The molecule has 0 bridgehead atoms. The van der Waals surface area contributed by atoms with Crippen molar-refractivity contribution in [2.75, 3.05) is 45.4 Å².